The molecule has 5 N–H and O–H groups in total. The van der Waals surface area contributed by atoms with E-state index in [2.05, 4.69) is 0 Å². The molecule has 3 aliphatic rings. The Hall–Kier alpha value is -3.09. The van der Waals surface area contributed by atoms with Gasteiger partial charge in [-0.1, -0.05) is 19.1 Å². The van der Waals surface area contributed by atoms with Crippen molar-refractivity contribution in [3.8, 4) is 5.75 Å². The molecule has 7 nitrogen and oxygen atoms in total. The molecule has 4 atom stereocenters. The molecule has 0 heterocycles. The van der Waals surface area contributed by atoms with Gasteiger partial charge in [0.2, 0.25) is 0 Å². The van der Waals surface area contributed by atoms with Crippen molar-refractivity contribution >= 4 is 23.2 Å². The topological polar surface area (TPSA) is 138 Å². The number of nitrogens with two attached hydrogens (primary N) is 1. The van der Waals surface area contributed by atoms with Crippen LogP contribution in [-0.2, 0) is 14.4 Å². The molecule has 27 heavy (non-hydrogen) atoms. The zero-order valence-corrected chi connectivity index (χ0v) is 14.6. The fraction of sp³-hybridized carbons (Fsp3) is 0.350. The number of ketones is 2. The normalized spacial score (nSPS) is 30.0. The van der Waals surface area contributed by atoms with Crippen molar-refractivity contribution in [3.63, 3.8) is 0 Å². The molecule has 3 aliphatic carbocycles. The number of phenols is 1. The first-order valence-electron chi connectivity index (χ1n) is 8.79. The molecule has 1 fully saturated rings. The summed E-state index contributed by atoms with van der Waals surface area (Å²) in [6.07, 6.45) is 0.344. The lowest BCUT2D eigenvalue weighted by atomic mass is 9.59. The Morgan fingerprint density at radius 1 is 1.19 bits per heavy atom. The van der Waals surface area contributed by atoms with E-state index in [4.69, 9.17) is 5.73 Å². The minimum absolute atomic E-state index is 0.0527. The highest BCUT2D eigenvalue weighted by Gasteiger charge is 2.52. The third-order valence-corrected chi connectivity index (χ3v) is 6.13. The SMILES string of the molecule is C[C@H]1c2cccc(O)c2C(O)=C2C(=O)C3C(O)=C(C(N)=O)C(=O)C[C@@H]3C[C@@H]21. The summed E-state index contributed by atoms with van der Waals surface area (Å²) >= 11 is 0. The Balaban J connectivity index is 1.91. The molecule has 0 aliphatic heterocycles. The van der Waals surface area contributed by atoms with Crippen molar-refractivity contribution in [2.75, 3.05) is 0 Å². The van der Waals surface area contributed by atoms with Gasteiger partial charge in [-0.15, -0.1) is 0 Å². The maximum absolute atomic E-state index is 13.2. The van der Waals surface area contributed by atoms with Gasteiger partial charge in [0.05, 0.1) is 11.5 Å². The number of aliphatic hydroxyl groups is 2. The molecule has 7 heteroatoms. The highest BCUT2D eigenvalue weighted by molar-refractivity contribution is 6.21. The molecule has 1 amide bonds. The molecule has 0 radical (unpaired) electrons. The number of carbonyl (C=O) groups is 3. The summed E-state index contributed by atoms with van der Waals surface area (Å²) in [5.41, 5.74) is 5.74. The number of carbonyl (C=O) groups excluding carboxylic acids is 3. The number of aromatic hydroxyl groups is 1. The standard InChI is InChI=1S/C20H19NO6/c1-7-9-3-2-4-11(22)14(9)19(26)15-10(7)5-8-6-12(23)16(20(21)27)18(25)13(8)17(15)24/h2-4,7-8,10,13,22,25-26H,5-6H2,1H3,(H2,21,27)/t7-,8-,10+,13?/m0/s1. The van der Waals surface area contributed by atoms with Crippen LogP contribution in [0, 0.1) is 17.8 Å². The second kappa shape index (κ2) is 5.70. The Morgan fingerprint density at radius 2 is 1.89 bits per heavy atom. The van der Waals surface area contributed by atoms with E-state index in [1.165, 1.54) is 6.07 Å². The molecule has 0 bridgehead atoms. The van der Waals surface area contributed by atoms with Crippen molar-refractivity contribution in [1.82, 2.24) is 0 Å². The molecular weight excluding hydrogens is 350 g/mol. The van der Waals surface area contributed by atoms with E-state index in [0.717, 1.165) is 5.56 Å². The number of rotatable bonds is 1. The fourth-order valence-corrected chi connectivity index (χ4v) is 4.89. The average Bonchev–Trinajstić information content (AvgIpc) is 2.58. The Labute approximate surface area is 154 Å². The first-order valence-corrected chi connectivity index (χ1v) is 8.79. The van der Waals surface area contributed by atoms with Crippen molar-refractivity contribution in [2.24, 2.45) is 23.5 Å². The molecule has 0 aromatic heterocycles. The fourth-order valence-electron chi connectivity index (χ4n) is 4.89. The number of amides is 1. The van der Waals surface area contributed by atoms with Gasteiger partial charge in [-0.3, -0.25) is 14.4 Å². The van der Waals surface area contributed by atoms with Gasteiger partial charge < -0.3 is 21.1 Å². The summed E-state index contributed by atoms with van der Waals surface area (Å²) in [4.78, 5) is 37.0. The molecular formula is C20H19NO6. The summed E-state index contributed by atoms with van der Waals surface area (Å²) in [5, 5.41) is 31.4. The van der Waals surface area contributed by atoms with Gasteiger partial charge in [-0.25, -0.2) is 0 Å². The second-order valence-corrected chi connectivity index (χ2v) is 7.49. The number of hydrogen-bond acceptors (Lipinski definition) is 6. The van der Waals surface area contributed by atoms with Crippen molar-refractivity contribution < 1.29 is 29.7 Å². The van der Waals surface area contributed by atoms with Crippen molar-refractivity contribution in [3.05, 3.63) is 46.2 Å². The minimum Gasteiger partial charge on any atom is -0.511 e. The third kappa shape index (κ3) is 2.24. The quantitative estimate of drug-likeness (QED) is 0.558. The van der Waals surface area contributed by atoms with Crippen LogP contribution < -0.4 is 5.73 Å². The van der Waals surface area contributed by atoms with Gasteiger partial charge in [0.25, 0.3) is 5.91 Å². The predicted octanol–water partition coefficient (Wildman–Crippen LogP) is 1.87. The van der Waals surface area contributed by atoms with E-state index < -0.39 is 40.6 Å². The van der Waals surface area contributed by atoms with E-state index in [-0.39, 0.29) is 40.9 Å². The van der Waals surface area contributed by atoms with Gasteiger partial charge >= 0.3 is 0 Å². The zero-order valence-electron chi connectivity index (χ0n) is 14.6. The lowest BCUT2D eigenvalue weighted by Crippen LogP contribution is -2.45. The lowest BCUT2D eigenvalue weighted by molar-refractivity contribution is -0.127. The zero-order chi connectivity index (χ0) is 19.6. The minimum atomic E-state index is -1.08. The molecule has 1 aromatic carbocycles. The predicted molar refractivity (Wildman–Crippen MR) is 94.6 cm³/mol. The van der Waals surface area contributed by atoms with E-state index in [0.29, 0.717) is 6.42 Å². The van der Waals surface area contributed by atoms with Gasteiger partial charge in [0.1, 0.15) is 22.8 Å². The Kier molecular flexibility index (Phi) is 3.66. The van der Waals surface area contributed by atoms with E-state index in [1.54, 1.807) is 12.1 Å². The molecule has 0 saturated heterocycles. The maximum atomic E-state index is 13.2. The molecule has 1 saturated carbocycles. The second-order valence-electron chi connectivity index (χ2n) is 7.49. The van der Waals surface area contributed by atoms with Crippen LogP contribution in [0.5, 0.6) is 5.75 Å². The Morgan fingerprint density at radius 3 is 2.56 bits per heavy atom. The molecule has 1 aromatic rings. The van der Waals surface area contributed by atoms with Crippen LogP contribution >= 0.6 is 0 Å². The number of hydrogen-bond donors (Lipinski definition) is 4. The first kappa shape index (κ1) is 17.3. The molecule has 0 spiro atoms. The van der Waals surface area contributed by atoms with Gasteiger partial charge in [0.15, 0.2) is 11.6 Å². The smallest absolute Gasteiger partial charge is 0.255 e. The largest absolute Gasteiger partial charge is 0.511 e. The van der Waals surface area contributed by atoms with Crippen LogP contribution in [0.15, 0.2) is 35.1 Å². The maximum Gasteiger partial charge on any atom is 0.255 e. The number of Topliss-reactive ketones (excluding diaryl/α,β-unsaturated/α-hetero) is 2. The lowest BCUT2D eigenvalue weighted by Gasteiger charge is -2.43. The molecule has 4 rings (SSSR count). The molecule has 1 unspecified atom stereocenters. The van der Waals surface area contributed by atoms with E-state index in [1.807, 2.05) is 6.92 Å². The van der Waals surface area contributed by atoms with Crippen molar-refractivity contribution in [1.29, 1.82) is 0 Å². The van der Waals surface area contributed by atoms with Gasteiger partial charge in [-0.2, -0.15) is 0 Å². The number of fused-ring (bicyclic) bond motifs is 3. The van der Waals surface area contributed by atoms with Crippen LogP contribution in [0.2, 0.25) is 0 Å². The number of allylic oxidation sites excluding steroid dienone is 2. The van der Waals surface area contributed by atoms with Crippen LogP contribution in [0.25, 0.3) is 5.76 Å². The van der Waals surface area contributed by atoms with E-state index >= 15 is 0 Å². The summed E-state index contributed by atoms with van der Waals surface area (Å²) in [6, 6.07) is 4.90. The van der Waals surface area contributed by atoms with Gasteiger partial charge in [0, 0.05) is 12.0 Å². The van der Waals surface area contributed by atoms with Crippen LogP contribution in [0.1, 0.15) is 36.8 Å². The van der Waals surface area contributed by atoms with Crippen molar-refractivity contribution in [2.45, 2.75) is 25.7 Å². The van der Waals surface area contributed by atoms with Crippen LogP contribution in [-0.4, -0.2) is 32.8 Å². The van der Waals surface area contributed by atoms with Gasteiger partial charge in [-0.05, 0) is 35.8 Å². The average molecular weight is 369 g/mol. The summed E-state index contributed by atoms with van der Waals surface area (Å²) in [6.45, 7) is 1.90. The summed E-state index contributed by atoms with van der Waals surface area (Å²) in [5.74, 6) is -5.26. The third-order valence-electron chi connectivity index (χ3n) is 6.13. The van der Waals surface area contributed by atoms with E-state index in [9.17, 15) is 29.7 Å². The number of phenolic OH excluding ortho intramolecular Hbond substituents is 1. The van der Waals surface area contributed by atoms with Crippen LogP contribution in [0.4, 0.5) is 0 Å². The van der Waals surface area contributed by atoms with Crippen LogP contribution in [0.3, 0.4) is 0 Å². The number of benzene rings is 1. The number of aliphatic hydroxyl groups excluding tert-OH is 2. The molecule has 140 valence electrons. The summed E-state index contributed by atoms with van der Waals surface area (Å²) in [7, 11) is 0. The first-order chi connectivity index (χ1) is 12.7. The summed E-state index contributed by atoms with van der Waals surface area (Å²) < 4.78 is 0. The Bertz CT molecular complexity index is 973. The monoisotopic (exact) mass is 369 g/mol. The highest BCUT2D eigenvalue weighted by atomic mass is 16.3. The number of primary amides is 1. The highest BCUT2D eigenvalue weighted by Crippen LogP contribution is 2.53.